The molecule has 2 fully saturated rings. The number of unbranched alkanes of at least 4 members (excludes halogenated alkanes) is 1. The quantitative estimate of drug-likeness (QED) is 0.331. The summed E-state index contributed by atoms with van der Waals surface area (Å²) in [5, 5.41) is 9.37. The van der Waals surface area contributed by atoms with Crippen molar-refractivity contribution < 1.29 is 9.84 Å². The smallest absolute Gasteiger partial charge is 0.0572 e. The van der Waals surface area contributed by atoms with Crippen molar-refractivity contribution in [1.29, 1.82) is 0 Å². The standard InChI is InChI=1S/C16H30O.C8H16O/c1-3-5-13-16(4-2)17-14-9-8-12-15-10-6-7-11-15;1-2-7-5-3-4-6-8(7)9/h8,12,15-16H,3-7,9-11,13-14H2,1-2H3;7-9H,2-6H2,1H3/b12-8+;. The van der Waals surface area contributed by atoms with E-state index in [1.807, 2.05) is 0 Å². The van der Waals surface area contributed by atoms with Crippen molar-refractivity contribution in [2.75, 3.05) is 6.61 Å². The van der Waals surface area contributed by atoms with Crippen LogP contribution >= 0.6 is 0 Å². The van der Waals surface area contributed by atoms with Crippen LogP contribution in [0.1, 0.15) is 111 Å². The zero-order valence-corrected chi connectivity index (χ0v) is 17.9. The zero-order chi connectivity index (χ0) is 19.0. The van der Waals surface area contributed by atoms with Gasteiger partial charge in [-0.3, -0.25) is 0 Å². The summed E-state index contributed by atoms with van der Waals surface area (Å²) >= 11 is 0. The molecular formula is C24H46O2. The molecule has 2 rings (SSSR count). The molecule has 0 radical (unpaired) electrons. The fourth-order valence-corrected chi connectivity index (χ4v) is 4.24. The Morgan fingerprint density at radius 2 is 1.69 bits per heavy atom. The lowest BCUT2D eigenvalue weighted by molar-refractivity contribution is 0.0465. The van der Waals surface area contributed by atoms with Gasteiger partial charge in [0.25, 0.3) is 0 Å². The molecule has 154 valence electrons. The third-order valence-corrected chi connectivity index (χ3v) is 6.17. The van der Waals surface area contributed by atoms with Crippen LogP contribution in [0.4, 0.5) is 0 Å². The Morgan fingerprint density at radius 3 is 2.27 bits per heavy atom. The molecule has 3 atom stereocenters. The number of allylic oxidation sites excluding steroid dienone is 1. The maximum Gasteiger partial charge on any atom is 0.0572 e. The van der Waals surface area contributed by atoms with Crippen LogP contribution in [0.5, 0.6) is 0 Å². The molecule has 2 nitrogen and oxygen atoms in total. The number of hydrogen-bond acceptors (Lipinski definition) is 2. The van der Waals surface area contributed by atoms with Crippen LogP contribution in [-0.4, -0.2) is 23.9 Å². The second-order valence-electron chi connectivity index (χ2n) is 8.32. The predicted octanol–water partition coefficient (Wildman–Crippen LogP) is 7.06. The Balaban J connectivity index is 0.000000314. The van der Waals surface area contributed by atoms with E-state index in [4.69, 9.17) is 4.74 Å². The van der Waals surface area contributed by atoms with Gasteiger partial charge in [0, 0.05) is 0 Å². The van der Waals surface area contributed by atoms with Crippen LogP contribution < -0.4 is 0 Å². The third-order valence-electron chi connectivity index (χ3n) is 6.17. The Labute approximate surface area is 163 Å². The first-order chi connectivity index (χ1) is 12.7. The molecule has 0 aliphatic heterocycles. The summed E-state index contributed by atoms with van der Waals surface area (Å²) in [6, 6.07) is 0. The lowest BCUT2D eigenvalue weighted by atomic mass is 9.85. The van der Waals surface area contributed by atoms with Gasteiger partial charge < -0.3 is 9.84 Å². The van der Waals surface area contributed by atoms with Crippen molar-refractivity contribution in [3.63, 3.8) is 0 Å². The molecule has 1 N–H and O–H groups in total. The van der Waals surface area contributed by atoms with Crippen molar-refractivity contribution in [3.05, 3.63) is 12.2 Å². The molecule has 0 spiro atoms. The summed E-state index contributed by atoms with van der Waals surface area (Å²) in [5.74, 6) is 1.48. The molecule has 2 aliphatic carbocycles. The fraction of sp³-hybridized carbons (Fsp3) is 0.917. The Bertz CT molecular complexity index is 333. The van der Waals surface area contributed by atoms with Crippen molar-refractivity contribution in [2.24, 2.45) is 11.8 Å². The second-order valence-corrected chi connectivity index (χ2v) is 8.32. The predicted molar refractivity (Wildman–Crippen MR) is 114 cm³/mol. The molecule has 0 aromatic heterocycles. The minimum Gasteiger partial charge on any atom is -0.393 e. The average molecular weight is 367 g/mol. The number of aliphatic hydroxyl groups excluding tert-OH is 1. The van der Waals surface area contributed by atoms with Crippen molar-refractivity contribution in [3.8, 4) is 0 Å². The Hall–Kier alpha value is -0.340. The van der Waals surface area contributed by atoms with Gasteiger partial charge in [0.05, 0.1) is 18.8 Å². The van der Waals surface area contributed by atoms with Crippen molar-refractivity contribution in [1.82, 2.24) is 0 Å². The van der Waals surface area contributed by atoms with Gasteiger partial charge in [-0.15, -0.1) is 0 Å². The van der Waals surface area contributed by atoms with Gasteiger partial charge in [-0.05, 0) is 56.8 Å². The number of ether oxygens (including phenoxy) is 1. The highest BCUT2D eigenvalue weighted by Crippen LogP contribution is 2.26. The maximum absolute atomic E-state index is 9.37. The second kappa shape index (κ2) is 15.7. The van der Waals surface area contributed by atoms with E-state index in [1.54, 1.807) is 0 Å². The Kier molecular flexibility index (Phi) is 14.3. The summed E-state index contributed by atoms with van der Waals surface area (Å²) < 4.78 is 5.91. The topological polar surface area (TPSA) is 29.5 Å². The molecule has 0 saturated heterocycles. The molecule has 0 bridgehead atoms. The van der Waals surface area contributed by atoms with Crippen LogP contribution in [-0.2, 0) is 4.74 Å². The van der Waals surface area contributed by atoms with E-state index in [1.165, 1.54) is 64.2 Å². The molecule has 0 aromatic carbocycles. The van der Waals surface area contributed by atoms with E-state index in [-0.39, 0.29) is 6.10 Å². The molecular weight excluding hydrogens is 320 g/mol. The Morgan fingerprint density at radius 1 is 1.00 bits per heavy atom. The van der Waals surface area contributed by atoms with Crippen LogP contribution in [0.3, 0.4) is 0 Å². The molecule has 0 aromatic rings. The maximum atomic E-state index is 9.37. The largest absolute Gasteiger partial charge is 0.393 e. The molecule has 0 amide bonds. The highest BCUT2D eigenvalue weighted by atomic mass is 16.5. The molecule has 2 aliphatic rings. The molecule has 2 heteroatoms. The minimum absolute atomic E-state index is 0.0174. The van der Waals surface area contributed by atoms with Gasteiger partial charge >= 0.3 is 0 Å². The van der Waals surface area contributed by atoms with Gasteiger partial charge in [0.15, 0.2) is 0 Å². The van der Waals surface area contributed by atoms with E-state index in [2.05, 4.69) is 32.9 Å². The zero-order valence-electron chi connectivity index (χ0n) is 17.9. The van der Waals surface area contributed by atoms with E-state index in [9.17, 15) is 5.11 Å². The average Bonchev–Trinajstić information content (AvgIpc) is 3.18. The molecule has 3 unspecified atom stereocenters. The van der Waals surface area contributed by atoms with E-state index < -0.39 is 0 Å². The number of rotatable bonds is 10. The molecule has 26 heavy (non-hydrogen) atoms. The normalized spacial score (nSPS) is 25.2. The number of aliphatic hydroxyl groups is 1. The van der Waals surface area contributed by atoms with Crippen LogP contribution in [0.2, 0.25) is 0 Å². The van der Waals surface area contributed by atoms with Gasteiger partial charge in [0.1, 0.15) is 0 Å². The van der Waals surface area contributed by atoms with Crippen molar-refractivity contribution >= 4 is 0 Å². The van der Waals surface area contributed by atoms with Gasteiger partial charge in [-0.2, -0.15) is 0 Å². The molecule has 2 saturated carbocycles. The van der Waals surface area contributed by atoms with Crippen LogP contribution in [0.15, 0.2) is 12.2 Å². The summed E-state index contributed by atoms with van der Waals surface area (Å²) in [6.45, 7) is 7.55. The highest BCUT2D eigenvalue weighted by Gasteiger charge is 2.20. The lowest BCUT2D eigenvalue weighted by Gasteiger charge is -2.25. The van der Waals surface area contributed by atoms with Gasteiger partial charge in [-0.25, -0.2) is 0 Å². The SMILES string of the molecule is CCC1CCCCC1O.CCCCC(CC)OCC/C=C/C1CCCC1. The number of hydrogen-bond donors (Lipinski definition) is 1. The first-order valence-electron chi connectivity index (χ1n) is 11.7. The highest BCUT2D eigenvalue weighted by molar-refractivity contribution is 4.90. The minimum atomic E-state index is 0.0174. The fourth-order valence-electron chi connectivity index (χ4n) is 4.24. The first kappa shape index (κ1) is 23.7. The summed E-state index contributed by atoms with van der Waals surface area (Å²) in [7, 11) is 0. The van der Waals surface area contributed by atoms with E-state index in [0.717, 1.165) is 38.2 Å². The summed E-state index contributed by atoms with van der Waals surface area (Å²) in [6.07, 6.45) is 23.0. The molecule has 0 heterocycles. The third kappa shape index (κ3) is 10.7. The summed E-state index contributed by atoms with van der Waals surface area (Å²) in [5.41, 5.74) is 0. The van der Waals surface area contributed by atoms with Crippen LogP contribution in [0, 0.1) is 11.8 Å². The van der Waals surface area contributed by atoms with E-state index >= 15 is 0 Å². The van der Waals surface area contributed by atoms with Gasteiger partial charge in [0.2, 0.25) is 0 Å². The van der Waals surface area contributed by atoms with E-state index in [0.29, 0.717) is 12.0 Å². The summed E-state index contributed by atoms with van der Waals surface area (Å²) in [4.78, 5) is 0. The lowest BCUT2D eigenvalue weighted by Crippen LogP contribution is -2.23. The van der Waals surface area contributed by atoms with Crippen molar-refractivity contribution in [2.45, 2.75) is 123 Å². The monoisotopic (exact) mass is 366 g/mol. The van der Waals surface area contributed by atoms with Crippen LogP contribution in [0.25, 0.3) is 0 Å². The van der Waals surface area contributed by atoms with Gasteiger partial charge in [-0.1, -0.05) is 77.9 Å². The first-order valence-corrected chi connectivity index (χ1v) is 11.7.